The highest BCUT2D eigenvalue weighted by Gasteiger charge is 2.35. The first-order valence-electron chi connectivity index (χ1n) is 8.42. The Labute approximate surface area is 164 Å². The smallest absolute Gasteiger partial charge is 0.171 e. The van der Waals surface area contributed by atoms with Crippen molar-refractivity contribution in [2.24, 2.45) is 0 Å². The highest BCUT2D eigenvalue weighted by Crippen LogP contribution is 2.41. The summed E-state index contributed by atoms with van der Waals surface area (Å²) < 4.78 is 0. The lowest BCUT2D eigenvalue weighted by Crippen LogP contribution is -2.41. The van der Waals surface area contributed by atoms with E-state index >= 15 is 0 Å². The van der Waals surface area contributed by atoms with E-state index in [9.17, 15) is 0 Å². The minimum absolute atomic E-state index is 0.0824. The molecule has 25 heavy (non-hydrogen) atoms. The Bertz CT molecular complexity index is 773. The molecule has 1 fully saturated rings. The van der Waals surface area contributed by atoms with Gasteiger partial charge in [-0.3, -0.25) is 0 Å². The lowest BCUT2D eigenvalue weighted by atomic mass is 9.79. The average molecular weight is 394 g/mol. The van der Waals surface area contributed by atoms with Crippen LogP contribution in [0.15, 0.2) is 36.5 Å². The second-order valence-electron chi connectivity index (χ2n) is 6.62. The molecule has 132 valence electrons. The number of benzene rings is 1. The van der Waals surface area contributed by atoms with Crippen molar-refractivity contribution in [3.63, 3.8) is 0 Å². The Hall–Kier alpha value is -1.36. The summed E-state index contributed by atoms with van der Waals surface area (Å²) in [4.78, 5) is 4.30. The third kappa shape index (κ3) is 4.43. The van der Waals surface area contributed by atoms with Gasteiger partial charge in [-0.2, -0.15) is 0 Å². The first-order valence-corrected chi connectivity index (χ1v) is 9.58. The van der Waals surface area contributed by atoms with Gasteiger partial charge in [0.2, 0.25) is 0 Å². The van der Waals surface area contributed by atoms with Gasteiger partial charge in [-0.1, -0.05) is 48.2 Å². The van der Waals surface area contributed by atoms with E-state index in [2.05, 4.69) is 27.8 Å². The van der Waals surface area contributed by atoms with Gasteiger partial charge < -0.3 is 10.6 Å². The Morgan fingerprint density at radius 2 is 1.96 bits per heavy atom. The van der Waals surface area contributed by atoms with Crippen molar-refractivity contribution in [3.8, 4) is 0 Å². The van der Waals surface area contributed by atoms with E-state index in [0.717, 1.165) is 35.8 Å². The summed E-state index contributed by atoms with van der Waals surface area (Å²) in [5.41, 5.74) is 2.33. The van der Waals surface area contributed by atoms with Gasteiger partial charge in [0.1, 0.15) is 5.82 Å². The predicted octanol–water partition coefficient (Wildman–Crippen LogP) is 5.50. The molecule has 1 aliphatic carbocycles. The Kier molecular flexibility index (Phi) is 5.82. The first kappa shape index (κ1) is 18.4. The van der Waals surface area contributed by atoms with Crippen LogP contribution in [0.1, 0.15) is 36.8 Å². The van der Waals surface area contributed by atoms with Crippen LogP contribution in [0.3, 0.4) is 0 Å². The molecular weight excluding hydrogens is 373 g/mol. The van der Waals surface area contributed by atoms with Crippen LogP contribution in [0.5, 0.6) is 0 Å². The van der Waals surface area contributed by atoms with Crippen LogP contribution in [0, 0.1) is 6.92 Å². The molecule has 0 atom stereocenters. The topological polar surface area (TPSA) is 37.0 Å². The minimum atomic E-state index is 0.0824. The summed E-state index contributed by atoms with van der Waals surface area (Å²) in [5.74, 6) is 0.727. The van der Waals surface area contributed by atoms with Crippen LogP contribution in [0.25, 0.3) is 0 Å². The van der Waals surface area contributed by atoms with Crippen LogP contribution in [0.2, 0.25) is 10.0 Å². The largest absolute Gasteiger partial charge is 0.362 e. The Balaban J connectivity index is 1.68. The Morgan fingerprint density at radius 1 is 1.20 bits per heavy atom. The molecule has 0 saturated heterocycles. The van der Waals surface area contributed by atoms with E-state index < -0.39 is 0 Å². The van der Waals surface area contributed by atoms with Crippen LogP contribution >= 0.6 is 35.4 Å². The fourth-order valence-corrected chi connectivity index (χ4v) is 4.08. The number of thiocarbonyl (C=S) groups is 1. The van der Waals surface area contributed by atoms with Crippen molar-refractivity contribution in [1.29, 1.82) is 0 Å². The lowest BCUT2D eigenvalue weighted by Gasteiger charge is -2.31. The molecule has 1 aromatic carbocycles. The van der Waals surface area contributed by atoms with Gasteiger partial charge in [0.25, 0.3) is 0 Å². The van der Waals surface area contributed by atoms with Crippen LogP contribution < -0.4 is 10.6 Å². The molecule has 0 aliphatic heterocycles. The fourth-order valence-electron chi connectivity index (χ4n) is 3.51. The molecule has 2 N–H and O–H groups in total. The molecule has 1 heterocycles. The SMILES string of the molecule is Cc1cc(Cl)cnc1NC(=S)NCC1(c2cccc(Cl)c2)CCCC1. The fraction of sp³-hybridized carbons (Fsp3) is 0.368. The molecule has 0 unspecified atom stereocenters. The average Bonchev–Trinajstić information content (AvgIpc) is 3.06. The number of halogens is 2. The molecule has 1 saturated carbocycles. The zero-order chi connectivity index (χ0) is 17.9. The lowest BCUT2D eigenvalue weighted by molar-refractivity contribution is 0.435. The maximum absolute atomic E-state index is 6.21. The molecule has 2 aromatic rings. The van der Waals surface area contributed by atoms with Gasteiger partial charge in [-0.25, -0.2) is 4.98 Å². The van der Waals surface area contributed by atoms with Crippen molar-refractivity contribution in [2.45, 2.75) is 38.0 Å². The van der Waals surface area contributed by atoms with Crippen molar-refractivity contribution in [3.05, 3.63) is 57.7 Å². The third-order valence-corrected chi connectivity index (χ3v) is 5.55. The van der Waals surface area contributed by atoms with E-state index in [1.165, 1.54) is 18.4 Å². The maximum atomic E-state index is 6.21. The summed E-state index contributed by atoms with van der Waals surface area (Å²) in [7, 11) is 0. The van der Waals surface area contributed by atoms with Gasteiger partial charge in [-0.05, 0) is 61.3 Å². The van der Waals surface area contributed by atoms with Crippen LogP contribution in [-0.2, 0) is 5.41 Å². The number of nitrogens with one attached hydrogen (secondary N) is 2. The quantitative estimate of drug-likeness (QED) is 0.672. The van der Waals surface area contributed by atoms with Crippen LogP contribution in [-0.4, -0.2) is 16.6 Å². The zero-order valence-electron chi connectivity index (χ0n) is 14.1. The molecule has 3 rings (SSSR count). The van der Waals surface area contributed by atoms with Crippen molar-refractivity contribution >= 4 is 46.4 Å². The number of nitrogens with zero attached hydrogens (tertiary/aromatic N) is 1. The second kappa shape index (κ2) is 7.90. The minimum Gasteiger partial charge on any atom is -0.362 e. The standard InChI is InChI=1S/C19H21Cl2N3S/c1-13-9-16(21)11-22-17(13)24-18(25)23-12-19(7-2-3-8-19)14-5-4-6-15(20)10-14/h4-6,9-11H,2-3,7-8,12H2,1H3,(H2,22,23,24,25). The van der Waals surface area contributed by atoms with Gasteiger partial charge in [0, 0.05) is 23.2 Å². The molecule has 0 radical (unpaired) electrons. The summed E-state index contributed by atoms with van der Waals surface area (Å²) in [6.45, 7) is 2.74. The maximum Gasteiger partial charge on any atom is 0.171 e. The molecule has 1 aliphatic rings. The second-order valence-corrected chi connectivity index (χ2v) is 7.91. The highest BCUT2D eigenvalue weighted by molar-refractivity contribution is 7.80. The molecule has 0 spiro atoms. The third-order valence-electron chi connectivity index (χ3n) is 4.86. The zero-order valence-corrected chi connectivity index (χ0v) is 16.4. The van der Waals surface area contributed by atoms with Crippen molar-refractivity contribution in [2.75, 3.05) is 11.9 Å². The molecule has 0 bridgehead atoms. The Morgan fingerprint density at radius 3 is 2.64 bits per heavy atom. The first-order chi connectivity index (χ1) is 12.0. The molecule has 0 amide bonds. The van der Waals surface area contributed by atoms with Gasteiger partial charge in [0.15, 0.2) is 5.11 Å². The van der Waals surface area contributed by atoms with Gasteiger partial charge in [0.05, 0.1) is 5.02 Å². The van der Waals surface area contributed by atoms with Gasteiger partial charge >= 0.3 is 0 Å². The van der Waals surface area contributed by atoms with E-state index in [4.69, 9.17) is 35.4 Å². The molecule has 3 nitrogen and oxygen atoms in total. The van der Waals surface area contributed by atoms with Crippen molar-refractivity contribution < 1.29 is 0 Å². The summed E-state index contributed by atoms with van der Waals surface area (Å²) in [6.07, 6.45) is 6.35. The number of hydrogen-bond donors (Lipinski definition) is 2. The van der Waals surface area contributed by atoms with Gasteiger partial charge in [-0.15, -0.1) is 0 Å². The monoisotopic (exact) mass is 393 g/mol. The number of rotatable bonds is 4. The van der Waals surface area contributed by atoms with E-state index in [1.54, 1.807) is 6.20 Å². The number of hydrogen-bond acceptors (Lipinski definition) is 2. The normalized spacial score (nSPS) is 15.8. The number of aryl methyl sites for hydroxylation is 1. The van der Waals surface area contributed by atoms with E-state index in [1.807, 2.05) is 25.1 Å². The number of aromatic nitrogens is 1. The summed E-state index contributed by atoms with van der Waals surface area (Å²) in [6, 6.07) is 10.1. The molecule has 6 heteroatoms. The number of anilines is 1. The number of pyridine rings is 1. The highest BCUT2D eigenvalue weighted by atomic mass is 35.5. The van der Waals surface area contributed by atoms with Crippen LogP contribution in [0.4, 0.5) is 5.82 Å². The summed E-state index contributed by atoms with van der Waals surface area (Å²) in [5, 5.41) is 8.52. The van der Waals surface area contributed by atoms with Crippen molar-refractivity contribution in [1.82, 2.24) is 10.3 Å². The van der Waals surface area contributed by atoms with E-state index in [-0.39, 0.29) is 5.41 Å². The molecular formula is C19H21Cl2N3S. The van der Waals surface area contributed by atoms with E-state index in [0.29, 0.717) is 10.1 Å². The predicted molar refractivity (Wildman–Crippen MR) is 110 cm³/mol. The molecule has 1 aromatic heterocycles. The summed E-state index contributed by atoms with van der Waals surface area (Å²) >= 11 is 17.6.